The SMILES string of the molecule is CC(=O)Nc1ccc(S(=O)(=O)N2CCN(CCOc3ccc(Cl)cc3)CC2)cc1. The van der Waals surface area contributed by atoms with Crippen LogP contribution in [0.25, 0.3) is 0 Å². The van der Waals surface area contributed by atoms with Gasteiger partial charge in [0.05, 0.1) is 4.90 Å². The number of halogens is 1. The van der Waals surface area contributed by atoms with E-state index >= 15 is 0 Å². The molecule has 1 aliphatic heterocycles. The van der Waals surface area contributed by atoms with Crippen LogP contribution in [0.1, 0.15) is 6.92 Å². The number of rotatable bonds is 7. The summed E-state index contributed by atoms with van der Waals surface area (Å²) in [6.45, 7) is 4.80. The van der Waals surface area contributed by atoms with Crippen molar-refractivity contribution >= 4 is 33.2 Å². The predicted octanol–water partition coefficient (Wildman–Crippen LogP) is 2.68. The first-order chi connectivity index (χ1) is 13.8. The maximum Gasteiger partial charge on any atom is 0.243 e. The van der Waals surface area contributed by atoms with E-state index < -0.39 is 10.0 Å². The molecule has 0 spiro atoms. The minimum absolute atomic E-state index is 0.197. The molecule has 29 heavy (non-hydrogen) atoms. The lowest BCUT2D eigenvalue weighted by Crippen LogP contribution is -2.49. The van der Waals surface area contributed by atoms with Gasteiger partial charge in [0.15, 0.2) is 0 Å². The zero-order valence-electron chi connectivity index (χ0n) is 16.2. The Morgan fingerprint density at radius 1 is 1.03 bits per heavy atom. The Labute approximate surface area is 176 Å². The molecule has 2 aromatic carbocycles. The second kappa shape index (κ2) is 9.58. The molecule has 0 unspecified atom stereocenters. The molecule has 0 aromatic heterocycles. The molecule has 0 atom stereocenters. The minimum atomic E-state index is -3.55. The van der Waals surface area contributed by atoms with Gasteiger partial charge in [0.1, 0.15) is 12.4 Å². The van der Waals surface area contributed by atoms with Gasteiger partial charge < -0.3 is 10.1 Å². The van der Waals surface area contributed by atoms with Crippen molar-refractivity contribution in [3.8, 4) is 5.75 Å². The highest BCUT2D eigenvalue weighted by Crippen LogP contribution is 2.20. The smallest absolute Gasteiger partial charge is 0.243 e. The number of hydrogen-bond acceptors (Lipinski definition) is 5. The van der Waals surface area contributed by atoms with Crippen molar-refractivity contribution in [3.63, 3.8) is 0 Å². The number of carbonyl (C=O) groups is 1. The average Bonchev–Trinajstić information content (AvgIpc) is 2.70. The summed E-state index contributed by atoms with van der Waals surface area (Å²) in [7, 11) is -3.55. The maximum absolute atomic E-state index is 12.8. The standard InChI is InChI=1S/C20H24ClN3O4S/c1-16(25)22-18-4-8-20(9-5-18)29(26,27)24-12-10-23(11-13-24)14-15-28-19-6-2-17(21)3-7-19/h2-9H,10-15H2,1H3,(H,22,25). The molecule has 7 nitrogen and oxygen atoms in total. The molecule has 0 bridgehead atoms. The predicted molar refractivity (Wildman–Crippen MR) is 113 cm³/mol. The maximum atomic E-state index is 12.8. The van der Waals surface area contributed by atoms with Crippen LogP contribution in [0.2, 0.25) is 5.02 Å². The van der Waals surface area contributed by atoms with Gasteiger partial charge in [-0.15, -0.1) is 0 Å². The van der Waals surface area contributed by atoms with Crippen molar-refractivity contribution in [2.75, 3.05) is 44.6 Å². The highest BCUT2D eigenvalue weighted by atomic mass is 35.5. The summed E-state index contributed by atoms with van der Waals surface area (Å²) >= 11 is 5.86. The molecular weight excluding hydrogens is 414 g/mol. The van der Waals surface area contributed by atoms with E-state index in [9.17, 15) is 13.2 Å². The second-order valence-corrected chi connectivity index (χ2v) is 9.13. The molecular formula is C20H24ClN3O4S. The third-order valence-corrected chi connectivity index (χ3v) is 6.80. The molecule has 0 aliphatic carbocycles. The molecule has 1 fully saturated rings. The Morgan fingerprint density at radius 2 is 1.66 bits per heavy atom. The van der Waals surface area contributed by atoms with Crippen molar-refractivity contribution < 1.29 is 17.9 Å². The van der Waals surface area contributed by atoms with Crippen LogP contribution in [-0.4, -0.2) is 62.9 Å². The minimum Gasteiger partial charge on any atom is -0.492 e. The molecule has 1 aliphatic rings. The molecule has 156 valence electrons. The fraction of sp³-hybridized carbons (Fsp3) is 0.350. The monoisotopic (exact) mass is 437 g/mol. The number of ether oxygens (including phenoxy) is 1. The van der Waals surface area contributed by atoms with Crippen molar-refractivity contribution in [2.24, 2.45) is 0 Å². The summed E-state index contributed by atoms with van der Waals surface area (Å²) in [5, 5.41) is 3.30. The Balaban J connectivity index is 1.48. The lowest BCUT2D eigenvalue weighted by molar-refractivity contribution is -0.114. The molecule has 1 amide bonds. The Hall–Kier alpha value is -2.13. The molecule has 0 saturated carbocycles. The van der Waals surface area contributed by atoms with Gasteiger partial charge >= 0.3 is 0 Å². The van der Waals surface area contributed by atoms with E-state index in [1.165, 1.54) is 23.4 Å². The van der Waals surface area contributed by atoms with Crippen molar-refractivity contribution in [2.45, 2.75) is 11.8 Å². The molecule has 9 heteroatoms. The van der Waals surface area contributed by atoms with Crippen LogP contribution in [0.3, 0.4) is 0 Å². The number of benzene rings is 2. The molecule has 1 saturated heterocycles. The van der Waals surface area contributed by atoms with E-state index in [1.54, 1.807) is 24.3 Å². The van der Waals surface area contributed by atoms with Gasteiger partial charge in [-0.2, -0.15) is 4.31 Å². The lowest BCUT2D eigenvalue weighted by atomic mass is 10.3. The van der Waals surface area contributed by atoms with Gasteiger partial charge in [-0.1, -0.05) is 11.6 Å². The fourth-order valence-corrected chi connectivity index (χ4v) is 4.63. The fourth-order valence-electron chi connectivity index (χ4n) is 3.08. The topological polar surface area (TPSA) is 79.0 Å². The molecule has 3 rings (SSSR count). The van der Waals surface area contributed by atoms with E-state index in [-0.39, 0.29) is 10.8 Å². The highest BCUT2D eigenvalue weighted by Gasteiger charge is 2.28. The van der Waals surface area contributed by atoms with Gasteiger partial charge in [0.2, 0.25) is 15.9 Å². The quantitative estimate of drug-likeness (QED) is 0.720. The largest absolute Gasteiger partial charge is 0.492 e. The first-order valence-corrected chi connectivity index (χ1v) is 11.1. The number of carbonyl (C=O) groups excluding carboxylic acids is 1. The third kappa shape index (κ3) is 5.93. The first-order valence-electron chi connectivity index (χ1n) is 9.33. The van der Waals surface area contributed by atoms with Crippen LogP contribution in [0.5, 0.6) is 5.75 Å². The van der Waals surface area contributed by atoms with Crippen LogP contribution >= 0.6 is 11.6 Å². The number of nitrogens with one attached hydrogen (secondary N) is 1. The van der Waals surface area contributed by atoms with Crippen LogP contribution < -0.4 is 10.1 Å². The zero-order valence-corrected chi connectivity index (χ0v) is 17.7. The Bertz CT molecular complexity index is 925. The van der Waals surface area contributed by atoms with E-state index in [4.69, 9.17) is 16.3 Å². The van der Waals surface area contributed by atoms with Gasteiger partial charge in [0.25, 0.3) is 0 Å². The summed E-state index contributed by atoms with van der Waals surface area (Å²) in [6.07, 6.45) is 0. The van der Waals surface area contributed by atoms with Crippen molar-refractivity contribution in [1.82, 2.24) is 9.21 Å². The third-order valence-electron chi connectivity index (χ3n) is 4.63. The van der Waals surface area contributed by atoms with Crippen molar-refractivity contribution in [1.29, 1.82) is 0 Å². The molecule has 0 radical (unpaired) electrons. The number of nitrogens with zero attached hydrogens (tertiary/aromatic N) is 2. The normalized spacial score (nSPS) is 15.8. The number of amides is 1. The summed E-state index contributed by atoms with van der Waals surface area (Å²) < 4.78 is 32.9. The molecule has 2 aromatic rings. The number of anilines is 1. The average molecular weight is 438 g/mol. The molecule has 1 heterocycles. The van der Waals surface area contributed by atoms with E-state index in [1.807, 2.05) is 12.1 Å². The highest BCUT2D eigenvalue weighted by molar-refractivity contribution is 7.89. The van der Waals surface area contributed by atoms with E-state index in [2.05, 4.69) is 10.2 Å². The summed E-state index contributed by atoms with van der Waals surface area (Å²) in [6, 6.07) is 13.4. The van der Waals surface area contributed by atoms with E-state index in [0.29, 0.717) is 43.5 Å². The Kier molecular flexibility index (Phi) is 7.13. The number of sulfonamides is 1. The van der Waals surface area contributed by atoms with Gasteiger partial charge in [0, 0.05) is 50.4 Å². The summed E-state index contributed by atoms with van der Waals surface area (Å²) in [5.41, 5.74) is 0.571. The van der Waals surface area contributed by atoms with Crippen LogP contribution in [0.4, 0.5) is 5.69 Å². The lowest BCUT2D eigenvalue weighted by Gasteiger charge is -2.33. The van der Waals surface area contributed by atoms with Gasteiger partial charge in [-0.05, 0) is 48.5 Å². The van der Waals surface area contributed by atoms with Gasteiger partial charge in [-0.3, -0.25) is 9.69 Å². The second-order valence-electron chi connectivity index (χ2n) is 6.75. The molecule has 1 N–H and O–H groups in total. The van der Waals surface area contributed by atoms with Crippen LogP contribution in [0.15, 0.2) is 53.4 Å². The Morgan fingerprint density at radius 3 is 2.24 bits per heavy atom. The van der Waals surface area contributed by atoms with Crippen LogP contribution in [-0.2, 0) is 14.8 Å². The summed E-state index contributed by atoms with van der Waals surface area (Å²) in [4.78, 5) is 13.5. The zero-order chi connectivity index (χ0) is 20.9. The number of hydrogen-bond donors (Lipinski definition) is 1. The first kappa shape index (κ1) is 21.6. The summed E-state index contributed by atoms with van der Waals surface area (Å²) in [5.74, 6) is 0.565. The van der Waals surface area contributed by atoms with E-state index in [0.717, 1.165) is 12.3 Å². The van der Waals surface area contributed by atoms with Gasteiger partial charge in [-0.25, -0.2) is 8.42 Å². The number of piperazine rings is 1. The van der Waals surface area contributed by atoms with Crippen LogP contribution in [0, 0.1) is 0 Å². The van der Waals surface area contributed by atoms with Crippen molar-refractivity contribution in [3.05, 3.63) is 53.6 Å².